The molecule has 1 aromatic carbocycles. The molecule has 4 aromatic rings. The van der Waals surface area contributed by atoms with Gasteiger partial charge in [0.1, 0.15) is 11.3 Å². The second-order valence-electron chi connectivity index (χ2n) is 10.9. The third-order valence-electron chi connectivity index (χ3n) is 6.70. The topological polar surface area (TPSA) is 113 Å². The van der Waals surface area contributed by atoms with Crippen LogP contribution < -0.4 is 5.32 Å². The quantitative estimate of drug-likeness (QED) is 0.290. The number of piperidine rings is 1. The van der Waals surface area contributed by atoms with Crippen molar-refractivity contribution in [2.45, 2.75) is 78.4 Å². The summed E-state index contributed by atoms with van der Waals surface area (Å²) in [6, 6.07) is 11.5. The van der Waals surface area contributed by atoms with E-state index in [0.717, 1.165) is 35.2 Å². The molecule has 0 aliphatic carbocycles. The van der Waals surface area contributed by atoms with E-state index in [0.29, 0.717) is 22.6 Å². The van der Waals surface area contributed by atoms with Crippen LogP contribution >= 0.6 is 0 Å². The molecular formula is C29H38N8O. The SMILES string of the molecule is CC.CN=Nc1nc(-c2ccc(-c3cnc4c(c3)nnn4C3CC(C)(C)NC(C)(C)C3)c(O)c2)ccc1C. The van der Waals surface area contributed by atoms with Gasteiger partial charge in [0, 0.05) is 41.0 Å². The van der Waals surface area contributed by atoms with Crippen molar-refractivity contribution in [1.29, 1.82) is 0 Å². The number of aromatic hydroxyl groups is 1. The minimum Gasteiger partial charge on any atom is -0.507 e. The predicted octanol–water partition coefficient (Wildman–Crippen LogP) is 6.79. The molecule has 38 heavy (non-hydrogen) atoms. The van der Waals surface area contributed by atoms with Crippen LogP contribution in [0.2, 0.25) is 0 Å². The third kappa shape index (κ3) is 5.57. The molecule has 0 amide bonds. The smallest absolute Gasteiger partial charge is 0.178 e. The monoisotopic (exact) mass is 514 g/mol. The van der Waals surface area contributed by atoms with Gasteiger partial charge in [-0.15, -0.1) is 10.2 Å². The van der Waals surface area contributed by atoms with Crippen molar-refractivity contribution in [2.24, 2.45) is 10.2 Å². The number of aromatic nitrogens is 5. The zero-order chi connectivity index (χ0) is 27.7. The second kappa shape index (κ2) is 10.6. The molecule has 0 unspecified atom stereocenters. The lowest BCUT2D eigenvalue weighted by Gasteiger charge is -2.46. The fourth-order valence-electron chi connectivity index (χ4n) is 5.48. The number of phenols is 1. The van der Waals surface area contributed by atoms with E-state index in [-0.39, 0.29) is 22.9 Å². The van der Waals surface area contributed by atoms with Crippen molar-refractivity contribution in [3.05, 3.63) is 48.2 Å². The molecule has 0 bridgehead atoms. The summed E-state index contributed by atoms with van der Waals surface area (Å²) in [6.07, 6.45) is 3.65. The Bertz CT molecular complexity index is 1450. The van der Waals surface area contributed by atoms with E-state index in [1.165, 1.54) is 0 Å². The van der Waals surface area contributed by atoms with Crippen LogP contribution in [0.15, 0.2) is 52.8 Å². The van der Waals surface area contributed by atoms with E-state index >= 15 is 0 Å². The number of aryl methyl sites for hydroxylation is 1. The Morgan fingerprint density at radius 3 is 2.37 bits per heavy atom. The highest BCUT2D eigenvalue weighted by atomic mass is 16.3. The number of hydrogen-bond donors (Lipinski definition) is 2. The summed E-state index contributed by atoms with van der Waals surface area (Å²) in [5.41, 5.74) is 5.35. The van der Waals surface area contributed by atoms with Gasteiger partial charge in [-0.3, -0.25) is 0 Å². The molecule has 9 nitrogen and oxygen atoms in total. The number of nitrogens with one attached hydrogen (secondary N) is 1. The van der Waals surface area contributed by atoms with Crippen molar-refractivity contribution in [2.75, 3.05) is 7.05 Å². The molecular weight excluding hydrogens is 476 g/mol. The van der Waals surface area contributed by atoms with Gasteiger partial charge in [-0.25, -0.2) is 14.6 Å². The van der Waals surface area contributed by atoms with Crippen LogP contribution in [0.1, 0.15) is 66.0 Å². The van der Waals surface area contributed by atoms with Gasteiger partial charge in [0.15, 0.2) is 11.5 Å². The van der Waals surface area contributed by atoms with Crippen LogP contribution in [0.4, 0.5) is 5.82 Å². The first kappa shape index (κ1) is 27.3. The second-order valence-corrected chi connectivity index (χ2v) is 10.9. The molecule has 0 spiro atoms. The number of hydrogen-bond acceptors (Lipinski definition) is 8. The molecule has 1 saturated heterocycles. The lowest BCUT2D eigenvalue weighted by Crippen LogP contribution is -2.58. The summed E-state index contributed by atoms with van der Waals surface area (Å²) in [6.45, 7) is 14.8. The standard InChI is InChI=1S/C27H32N8O.C2H6/c1-16-7-10-21(30-24(16)32-28-6)17-8-9-20(23(36)12-17)18-11-22-25(29-15-18)35(34-31-22)19-13-26(2,3)33-27(4,5)14-19;1-2/h7-12,15,19,33,36H,13-14H2,1-6H3;1-2H3. The fourth-order valence-corrected chi connectivity index (χ4v) is 5.48. The van der Waals surface area contributed by atoms with Crippen LogP contribution in [0, 0.1) is 6.92 Å². The molecule has 0 radical (unpaired) electrons. The maximum Gasteiger partial charge on any atom is 0.178 e. The highest BCUT2D eigenvalue weighted by Crippen LogP contribution is 2.38. The lowest BCUT2D eigenvalue weighted by atomic mass is 9.79. The summed E-state index contributed by atoms with van der Waals surface area (Å²) in [7, 11) is 1.62. The van der Waals surface area contributed by atoms with Crippen LogP contribution in [-0.2, 0) is 0 Å². The van der Waals surface area contributed by atoms with Gasteiger partial charge < -0.3 is 10.4 Å². The Kier molecular flexibility index (Phi) is 7.60. The van der Waals surface area contributed by atoms with E-state index in [9.17, 15) is 5.11 Å². The van der Waals surface area contributed by atoms with E-state index < -0.39 is 0 Å². The summed E-state index contributed by atoms with van der Waals surface area (Å²) in [5.74, 6) is 0.709. The first-order chi connectivity index (χ1) is 18.0. The molecule has 200 valence electrons. The van der Waals surface area contributed by atoms with Crippen LogP contribution in [0.5, 0.6) is 5.75 Å². The molecule has 0 saturated carbocycles. The van der Waals surface area contributed by atoms with E-state index in [1.54, 1.807) is 19.3 Å². The number of nitrogens with zero attached hydrogens (tertiary/aromatic N) is 7. The molecule has 9 heteroatoms. The van der Waals surface area contributed by atoms with Crippen LogP contribution in [0.3, 0.4) is 0 Å². The molecule has 4 heterocycles. The van der Waals surface area contributed by atoms with Crippen LogP contribution in [-0.4, -0.2) is 48.2 Å². The van der Waals surface area contributed by atoms with Crippen molar-refractivity contribution in [3.63, 3.8) is 0 Å². The summed E-state index contributed by atoms with van der Waals surface area (Å²) < 4.78 is 1.96. The summed E-state index contributed by atoms with van der Waals surface area (Å²) in [4.78, 5) is 9.30. The predicted molar refractivity (Wildman–Crippen MR) is 152 cm³/mol. The number of pyridine rings is 2. The minimum atomic E-state index is -0.00929. The first-order valence-corrected chi connectivity index (χ1v) is 13.2. The molecule has 5 rings (SSSR count). The van der Waals surface area contributed by atoms with E-state index in [4.69, 9.17) is 4.98 Å². The Morgan fingerprint density at radius 2 is 1.71 bits per heavy atom. The van der Waals surface area contributed by atoms with Crippen molar-refractivity contribution < 1.29 is 5.11 Å². The van der Waals surface area contributed by atoms with Gasteiger partial charge in [0.2, 0.25) is 0 Å². The van der Waals surface area contributed by atoms with Crippen molar-refractivity contribution in [1.82, 2.24) is 30.3 Å². The largest absolute Gasteiger partial charge is 0.507 e. The maximum atomic E-state index is 10.9. The van der Waals surface area contributed by atoms with E-state index in [2.05, 4.69) is 58.5 Å². The molecule has 1 fully saturated rings. The average Bonchev–Trinajstić information content (AvgIpc) is 3.28. The Hall–Kier alpha value is -3.72. The van der Waals surface area contributed by atoms with Gasteiger partial charge in [-0.05, 0) is 77.3 Å². The number of rotatable bonds is 4. The molecule has 1 aliphatic heterocycles. The maximum absolute atomic E-state index is 10.9. The Balaban J connectivity index is 0.00000164. The molecule has 1 aliphatic rings. The van der Waals surface area contributed by atoms with Crippen molar-refractivity contribution in [3.8, 4) is 28.1 Å². The van der Waals surface area contributed by atoms with Crippen molar-refractivity contribution >= 4 is 17.0 Å². The zero-order valence-electron chi connectivity index (χ0n) is 23.6. The van der Waals surface area contributed by atoms with Gasteiger partial charge in [0.05, 0.1) is 11.7 Å². The highest BCUT2D eigenvalue weighted by molar-refractivity contribution is 5.81. The third-order valence-corrected chi connectivity index (χ3v) is 6.70. The average molecular weight is 515 g/mol. The zero-order valence-corrected chi connectivity index (χ0v) is 23.6. The molecule has 0 atom stereocenters. The fraction of sp³-hybridized carbons (Fsp3) is 0.448. The summed E-state index contributed by atoms with van der Waals surface area (Å²) >= 11 is 0. The first-order valence-electron chi connectivity index (χ1n) is 13.2. The minimum absolute atomic E-state index is 0.00929. The lowest BCUT2D eigenvalue weighted by molar-refractivity contribution is 0.127. The number of phenolic OH excluding ortho intramolecular Hbond substituents is 1. The van der Waals surface area contributed by atoms with Crippen LogP contribution in [0.25, 0.3) is 33.5 Å². The highest BCUT2D eigenvalue weighted by Gasteiger charge is 2.39. The van der Waals surface area contributed by atoms with Gasteiger partial charge in [0.25, 0.3) is 0 Å². The Morgan fingerprint density at radius 1 is 1.00 bits per heavy atom. The molecule has 2 N–H and O–H groups in total. The van der Waals surface area contributed by atoms with Gasteiger partial charge >= 0.3 is 0 Å². The molecule has 3 aromatic heterocycles. The number of azo groups is 1. The van der Waals surface area contributed by atoms with Gasteiger partial charge in [-0.2, -0.15) is 5.11 Å². The Labute approximate surface area is 224 Å². The number of benzene rings is 1. The summed E-state index contributed by atoms with van der Waals surface area (Å²) in [5, 5.41) is 31.4. The van der Waals surface area contributed by atoms with E-state index in [1.807, 2.05) is 55.8 Å². The normalized spacial score (nSPS) is 16.9. The number of fused-ring (bicyclic) bond motifs is 1. The van der Waals surface area contributed by atoms with Gasteiger partial charge in [-0.1, -0.05) is 31.2 Å².